The average molecular weight is 283 g/mol. The number of rotatable bonds is 1. The highest BCUT2D eigenvalue weighted by Gasteiger charge is 2.69. The number of carbonyl (C=O) groups is 1. The van der Waals surface area contributed by atoms with Gasteiger partial charge >= 0.3 is 0 Å². The highest BCUT2D eigenvalue weighted by molar-refractivity contribution is 5.85. The monoisotopic (exact) mass is 283 g/mol. The van der Waals surface area contributed by atoms with E-state index in [1.165, 1.54) is 19.3 Å². The Bertz CT molecular complexity index is 600. The molecule has 1 aromatic rings. The van der Waals surface area contributed by atoms with Crippen molar-refractivity contribution in [3.05, 3.63) is 35.9 Å². The lowest BCUT2D eigenvalue weighted by Crippen LogP contribution is -2.46. The van der Waals surface area contributed by atoms with E-state index in [1.807, 2.05) is 18.2 Å². The van der Waals surface area contributed by atoms with Gasteiger partial charge in [0, 0.05) is 11.5 Å². The summed E-state index contributed by atoms with van der Waals surface area (Å²) >= 11 is 0. The zero-order valence-electron chi connectivity index (χ0n) is 12.4. The predicted molar refractivity (Wildman–Crippen MR) is 78.2 cm³/mol. The lowest BCUT2D eigenvalue weighted by Gasteiger charge is -2.35. The molecule has 5 rings (SSSR count). The Morgan fingerprint density at radius 2 is 1.95 bits per heavy atom. The molecule has 2 aliphatic carbocycles. The molecule has 21 heavy (non-hydrogen) atoms. The third-order valence-electron chi connectivity index (χ3n) is 6.56. The molecule has 0 N–H and O–H groups in total. The molecule has 3 nitrogen and oxygen atoms in total. The van der Waals surface area contributed by atoms with Crippen LogP contribution in [0.4, 0.5) is 0 Å². The van der Waals surface area contributed by atoms with E-state index in [0.29, 0.717) is 24.3 Å². The molecule has 1 aromatic carbocycles. The Labute approximate surface area is 125 Å². The minimum absolute atomic E-state index is 0.0813. The van der Waals surface area contributed by atoms with Crippen molar-refractivity contribution in [1.82, 2.24) is 4.90 Å². The van der Waals surface area contributed by atoms with Crippen molar-refractivity contribution in [1.29, 1.82) is 0 Å². The highest BCUT2D eigenvalue weighted by Crippen LogP contribution is 2.64. The van der Waals surface area contributed by atoms with E-state index in [-0.39, 0.29) is 17.7 Å². The van der Waals surface area contributed by atoms with Gasteiger partial charge in [0.25, 0.3) is 0 Å². The summed E-state index contributed by atoms with van der Waals surface area (Å²) in [5.74, 6) is 2.56. The first-order chi connectivity index (χ1) is 10.2. The van der Waals surface area contributed by atoms with Crippen LogP contribution in [0.25, 0.3) is 0 Å². The quantitative estimate of drug-likeness (QED) is 0.793. The molecule has 6 atom stereocenters. The Kier molecular flexibility index (Phi) is 2.26. The van der Waals surface area contributed by atoms with E-state index in [9.17, 15) is 4.79 Å². The highest BCUT2D eigenvalue weighted by atomic mass is 16.5. The number of hydrogen-bond donors (Lipinski definition) is 0. The topological polar surface area (TPSA) is 29.5 Å². The molecule has 2 saturated heterocycles. The lowest BCUT2D eigenvalue weighted by atomic mass is 9.73. The van der Waals surface area contributed by atoms with Crippen LogP contribution in [0.5, 0.6) is 0 Å². The summed E-state index contributed by atoms with van der Waals surface area (Å²) in [6, 6.07) is 10.2. The summed E-state index contributed by atoms with van der Waals surface area (Å²) in [6.45, 7) is 2.96. The maximum absolute atomic E-state index is 13.1. The SMILES string of the molecule is C[C@@]12COC(c3ccccc3)N1C(=O)C1C3CCC(C3)C12. The van der Waals surface area contributed by atoms with E-state index >= 15 is 0 Å². The van der Waals surface area contributed by atoms with Crippen molar-refractivity contribution in [2.24, 2.45) is 23.7 Å². The van der Waals surface area contributed by atoms with E-state index in [4.69, 9.17) is 4.74 Å². The molecule has 0 spiro atoms. The van der Waals surface area contributed by atoms with Crippen molar-refractivity contribution >= 4 is 5.91 Å². The molecule has 2 heterocycles. The van der Waals surface area contributed by atoms with E-state index in [0.717, 1.165) is 11.5 Å². The predicted octanol–water partition coefficient (Wildman–Crippen LogP) is 2.98. The number of carbonyl (C=O) groups excluding carboxylic acids is 1. The van der Waals surface area contributed by atoms with Gasteiger partial charge in [-0.15, -0.1) is 0 Å². The van der Waals surface area contributed by atoms with Crippen molar-refractivity contribution in [2.75, 3.05) is 6.61 Å². The molecule has 2 bridgehead atoms. The lowest BCUT2D eigenvalue weighted by molar-refractivity contribution is -0.139. The summed E-state index contributed by atoms with van der Waals surface area (Å²) in [4.78, 5) is 15.2. The van der Waals surface area contributed by atoms with E-state index in [2.05, 4.69) is 24.0 Å². The van der Waals surface area contributed by atoms with Crippen LogP contribution >= 0.6 is 0 Å². The van der Waals surface area contributed by atoms with Crippen molar-refractivity contribution < 1.29 is 9.53 Å². The van der Waals surface area contributed by atoms with Crippen LogP contribution in [0.1, 0.15) is 38.0 Å². The zero-order chi connectivity index (χ0) is 14.2. The number of fused-ring (bicyclic) bond motifs is 7. The largest absolute Gasteiger partial charge is 0.351 e. The molecule has 5 unspecified atom stereocenters. The maximum atomic E-state index is 13.1. The van der Waals surface area contributed by atoms with Gasteiger partial charge in [-0.2, -0.15) is 0 Å². The summed E-state index contributed by atoms with van der Waals surface area (Å²) in [7, 11) is 0. The van der Waals surface area contributed by atoms with Gasteiger partial charge in [-0.1, -0.05) is 30.3 Å². The number of hydrogen-bond acceptors (Lipinski definition) is 2. The Morgan fingerprint density at radius 1 is 1.19 bits per heavy atom. The van der Waals surface area contributed by atoms with Gasteiger partial charge in [-0.05, 0) is 43.9 Å². The summed E-state index contributed by atoms with van der Waals surface area (Å²) < 4.78 is 6.10. The molecule has 0 aromatic heterocycles. The second kappa shape index (κ2) is 3.89. The van der Waals surface area contributed by atoms with Crippen LogP contribution in [0.15, 0.2) is 30.3 Å². The van der Waals surface area contributed by atoms with Gasteiger partial charge in [-0.3, -0.25) is 4.79 Å². The van der Waals surface area contributed by atoms with Crippen molar-refractivity contribution in [2.45, 2.75) is 38.0 Å². The van der Waals surface area contributed by atoms with Crippen LogP contribution in [-0.2, 0) is 9.53 Å². The van der Waals surface area contributed by atoms with Gasteiger partial charge < -0.3 is 9.64 Å². The van der Waals surface area contributed by atoms with Gasteiger partial charge in [0.05, 0.1) is 12.1 Å². The Morgan fingerprint density at radius 3 is 2.76 bits per heavy atom. The standard InChI is InChI=1S/C18H21NO2/c1-18-10-21-17(11-5-3-2-4-6-11)19(18)16(20)14-12-7-8-13(9-12)15(14)18/h2-6,12-15,17H,7-10H2,1H3/t12?,13?,14?,15?,17?,18-/m0/s1. The fraction of sp³-hybridized carbons (Fsp3) is 0.611. The first kappa shape index (κ1) is 12.2. The van der Waals surface area contributed by atoms with E-state index < -0.39 is 0 Å². The van der Waals surface area contributed by atoms with Crippen LogP contribution < -0.4 is 0 Å². The van der Waals surface area contributed by atoms with Gasteiger partial charge in [0.2, 0.25) is 5.91 Å². The Balaban J connectivity index is 1.58. The molecule has 4 aliphatic rings. The number of ether oxygens (including phenoxy) is 1. The normalized spacial score (nSPS) is 47.0. The second-order valence-corrected chi connectivity index (χ2v) is 7.52. The van der Waals surface area contributed by atoms with Crippen LogP contribution in [-0.4, -0.2) is 23.0 Å². The number of benzene rings is 1. The zero-order valence-corrected chi connectivity index (χ0v) is 12.4. The third-order valence-corrected chi connectivity index (χ3v) is 6.56. The molecular formula is C18H21NO2. The summed E-state index contributed by atoms with van der Waals surface area (Å²) in [5, 5.41) is 0. The minimum Gasteiger partial charge on any atom is -0.351 e. The van der Waals surface area contributed by atoms with Gasteiger partial charge in [-0.25, -0.2) is 0 Å². The average Bonchev–Trinajstić information content (AvgIpc) is 3.22. The molecule has 2 aliphatic heterocycles. The van der Waals surface area contributed by atoms with Gasteiger partial charge in [0.1, 0.15) is 0 Å². The van der Waals surface area contributed by atoms with Crippen LogP contribution in [0.3, 0.4) is 0 Å². The molecule has 2 saturated carbocycles. The van der Waals surface area contributed by atoms with Gasteiger partial charge in [0.15, 0.2) is 6.23 Å². The second-order valence-electron chi connectivity index (χ2n) is 7.52. The number of amides is 1. The first-order valence-electron chi connectivity index (χ1n) is 8.20. The van der Waals surface area contributed by atoms with Crippen molar-refractivity contribution in [3.63, 3.8) is 0 Å². The molecule has 3 heteroatoms. The summed E-state index contributed by atoms with van der Waals surface area (Å²) in [6.07, 6.45) is 3.69. The van der Waals surface area contributed by atoms with Crippen molar-refractivity contribution in [3.8, 4) is 0 Å². The minimum atomic E-state index is -0.172. The number of nitrogens with zero attached hydrogens (tertiary/aromatic N) is 1. The maximum Gasteiger partial charge on any atom is 0.229 e. The van der Waals surface area contributed by atoms with Crippen LogP contribution in [0, 0.1) is 23.7 Å². The first-order valence-corrected chi connectivity index (χ1v) is 8.20. The Hall–Kier alpha value is -1.35. The molecule has 1 amide bonds. The van der Waals surface area contributed by atoms with Crippen LogP contribution in [0.2, 0.25) is 0 Å². The molecule has 110 valence electrons. The molecular weight excluding hydrogens is 262 g/mol. The third kappa shape index (κ3) is 1.36. The smallest absolute Gasteiger partial charge is 0.229 e. The summed E-state index contributed by atoms with van der Waals surface area (Å²) in [5.41, 5.74) is 1.03. The fourth-order valence-corrected chi connectivity index (χ4v) is 5.85. The molecule has 0 radical (unpaired) electrons. The fourth-order valence-electron chi connectivity index (χ4n) is 5.85. The molecule has 4 fully saturated rings. The van der Waals surface area contributed by atoms with E-state index in [1.54, 1.807) is 0 Å².